The number of hydrogen-bond donors (Lipinski definition) is 3. The summed E-state index contributed by atoms with van der Waals surface area (Å²) in [5.41, 5.74) is 4.99. The fourth-order valence-electron chi connectivity index (χ4n) is 2.18. The van der Waals surface area contributed by atoms with E-state index in [1.165, 1.54) is 24.3 Å². The molecule has 1 saturated heterocycles. The third kappa shape index (κ3) is 6.16. The van der Waals surface area contributed by atoms with E-state index in [2.05, 4.69) is 16.2 Å². The van der Waals surface area contributed by atoms with Gasteiger partial charge in [-0.1, -0.05) is 0 Å². The van der Waals surface area contributed by atoms with Gasteiger partial charge in [-0.2, -0.15) is 0 Å². The lowest BCUT2D eigenvalue weighted by atomic mass is 10.2. The molecule has 2 unspecified atom stereocenters. The van der Waals surface area contributed by atoms with Crippen molar-refractivity contribution in [2.75, 3.05) is 13.2 Å². The molecular weight excluding hydrogens is 348 g/mol. The maximum Gasteiger partial charge on any atom is 0.279 e. The van der Waals surface area contributed by atoms with E-state index >= 15 is 0 Å². The molecule has 2 rings (SSSR count). The predicted molar refractivity (Wildman–Crippen MR) is 94.0 cm³/mol. The van der Waals surface area contributed by atoms with Crippen LogP contribution in [0.2, 0.25) is 0 Å². The van der Waals surface area contributed by atoms with E-state index in [-0.39, 0.29) is 16.9 Å². The molecule has 1 amide bonds. The molecular formula is C15H20N4O5S. The molecule has 3 N–H and O–H groups in total. The highest BCUT2D eigenvalue weighted by Gasteiger charge is 2.17. The molecule has 25 heavy (non-hydrogen) atoms. The molecule has 0 radical (unpaired) electrons. The smallest absolute Gasteiger partial charge is 0.279 e. The highest BCUT2D eigenvalue weighted by Crippen LogP contribution is 2.18. The second kappa shape index (κ2) is 9.14. The zero-order valence-corrected chi connectivity index (χ0v) is 14.5. The summed E-state index contributed by atoms with van der Waals surface area (Å²) in [7, 11) is 0. The largest absolute Gasteiger partial charge is 0.481 e. The summed E-state index contributed by atoms with van der Waals surface area (Å²) >= 11 is 5.06. The summed E-state index contributed by atoms with van der Waals surface area (Å²) in [6.45, 7) is 2.90. The van der Waals surface area contributed by atoms with Crippen molar-refractivity contribution in [3.8, 4) is 5.75 Å². The molecule has 1 aliphatic rings. The van der Waals surface area contributed by atoms with Gasteiger partial charge < -0.3 is 14.8 Å². The molecule has 1 aliphatic heterocycles. The number of non-ortho nitro benzene ring substituents is 1. The Kier molecular flexibility index (Phi) is 6.90. The standard InChI is InChI=1S/C15H20N4O5S/c1-10(24-12-6-4-11(5-7-12)19(21)22)14(20)17-18-15(25)16-9-13-3-2-8-23-13/h4-7,10,13H,2-3,8-9H2,1H3,(H,17,20)(H2,16,18,25). The molecule has 0 aromatic heterocycles. The molecule has 1 fully saturated rings. The molecule has 136 valence electrons. The third-order valence-corrected chi connectivity index (χ3v) is 3.79. The van der Waals surface area contributed by atoms with Crippen LogP contribution in [0.15, 0.2) is 24.3 Å². The average molecular weight is 368 g/mol. The quantitative estimate of drug-likeness (QED) is 0.388. The van der Waals surface area contributed by atoms with Crippen molar-refractivity contribution >= 4 is 28.9 Å². The number of thiocarbonyl (C=S) groups is 1. The molecule has 1 aromatic carbocycles. The topological polar surface area (TPSA) is 115 Å². The Hall–Kier alpha value is -2.46. The lowest BCUT2D eigenvalue weighted by molar-refractivity contribution is -0.384. The number of rotatable bonds is 6. The Morgan fingerprint density at radius 1 is 1.44 bits per heavy atom. The SMILES string of the molecule is CC(Oc1ccc([N+](=O)[O-])cc1)C(=O)NNC(=S)NCC1CCCO1. The normalized spacial score (nSPS) is 17.4. The Labute approximate surface area is 150 Å². The third-order valence-electron chi connectivity index (χ3n) is 3.54. The number of ether oxygens (including phenoxy) is 2. The van der Waals surface area contributed by atoms with Crippen molar-refractivity contribution in [3.63, 3.8) is 0 Å². The van der Waals surface area contributed by atoms with Gasteiger partial charge in [-0.25, -0.2) is 0 Å². The van der Waals surface area contributed by atoms with Crippen molar-refractivity contribution in [2.45, 2.75) is 32.0 Å². The van der Waals surface area contributed by atoms with Crippen LogP contribution < -0.4 is 20.9 Å². The van der Waals surface area contributed by atoms with Crippen molar-refractivity contribution < 1.29 is 19.2 Å². The van der Waals surface area contributed by atoms with Gasteiger partial charge in [0, 0.05) is 25.3 Å². The van der Waals surface area contributed by atoms with Gasteiger partial charge in [-0.3, -0.25) is 25.8 Å². The molecule has 0 saturated carbocycles. The van der Waals surface area contributed by atoms with Crippen LogP contribution in [0.25, 0.3) is 0 Å². The van der Waals surface area contributed by atoms with E-state index in [0.717, 1.165) is 19.4 Å². The number of nitro benzene ring substituents is 1. The second-order valence-electron chi connectivity index (χ2n) is 5.47. The Morgan fingerprint density at radius 2 is 2.16 bits per heavy atom. The number of hydrogen-bond acceptors (Lipinski definition) is 6. The fraction of sp³-hybridized carbons (Fsp3) is 0.467. The predicted octanol–water partition coefficient (Wildman–Crippen LogP) is 1.04. The van der Waals surface area contributed by atoms with Gasteiger partial charge in [-0.05, 0) is 44.1 Å². The molecule has 1 aromatic rings. The summed E-state index contributed by atoms with van der Waals surface area (Å²) < 4.78 is 10.9. The van der Waals surface area contributed by atoms with Gasteiger partial charge in [0.15, 0.2) is 11.2 Å². The molecule has 9 nitrogen and oxygen atoms in total. The van der Waals surface area contributed by atoms with E-state index < -0.39 is 16.9 Å². The van der Waals surface area contributed by atoms with E-state index in [4.69, 9.17) is 21.7 Å². The maximum atomic E-state index is 12.0. The Bertz CT molecular complexity index is 619. The van der Waals surface area contributed by atoms with Crippen molar-refractivity contribution in [1.29, 1.82) is 0 Å². The zero-order valence-electron chi connectivity index (χ0n) is 13.7. The minimum absolute atomic E-state index is 0.0474. The first-order chi connectivity index (χ1) is 12.0. The molecule has 2 atom stereocenters. The molecule has 0 aliphatic carbocycles. The first kappa shape index (κ1) is 18.9. The van der Waals surface area contributed by atoms with E-state index in [0.29, 0.717) is 12.3 Å². The van der Waals surface area contributed by atoms with Crippen LogP contribution in [-0.4, -0.2) is 41.3 Å². The summed E-state index contributed by atoms with van der Waals surface area (Å²) in [5, 5.41) is 13.8. The Balaban J connectivity index is 1.70. The Morgan fingerprint density at radius 3 is 2.76 bits per heavy atom. The van der Waals surface area contributed by atoms with E-state index in [1.54, 1.807) is 6.92 Å². The molecule has 0 spiro atoms. The highest BCUT2D eigenvalue weighted by molar-refractivity contribution is 7.80. The minimum Gasteiger partial charge on any atom is -0.481 e. The summed E-state index contributed by atoms with van der Waals surface area (Å²) in [5.74, 6) is -0.0769. The van der Waals surface area contributed by atoms with Crippen LogP contribution in [0.5, 0.6) is 5.75 Å². The summed E-state index contributed by atoms with van der Waals surface area (Å²) in [6.07, 6.45) is 1.36. The molecule has 10 heteroatoms. The van der Waals surface area contributed by atoms with Crippen LogP contribution in [0.3, 0.4) is 0 Å². The molecule has 0 bridgehead atoms. The van der Waals surface area contributed by atoms with Crippen LogP contribution in [0.4, 0.5) is 5.69 Å². The van der Waals surface area contributed by atoms with Gasteiger partial charge in [0.2, 0.25) is 0 Å². The van der Waals surface area contributed by atoms with Crippen LogP contribution in [0, 0.1) is 10.1 Å². The number of carbonyl (C=O) groups excluding carboxylic acids is 1. The lowest BCUT2D eigenvalue weighted by Crippen LogP contribution is -2.51. The van der Waals surface area contributed by atoms with Gasteiger partial charge >= 0.3 is 0 Å². The maximum absolute atomic E-state index is 12.0. The highest BCUT2D eigenvalue weighted by atomic mass is 32.1. The van der Waals surface area contributed by atoms with Crippen molar-refractivity contribution in [3.05, 3.63) is 34.4 Å². The number of nitrogens with zero attached hydrogens (tertiary/aromatic N) is 1. The lowest BCUT2D eigenvalue weighted by Gasteiger charge is -2.17. The van der Waals surface area contributed by atoms with Crippen molar-refractivity contribution in [2.24, 2.45) is 0 Å². The number of benzene rings is 1. The van der Waals surface area contributed by atoms with Gasteiger partial charge in [0.1, 0.15) is 5.75 Å². The summed E-state index contributed by atoms with van der Waals surface area (Å²) in [4.78, 5) is 22.1. The van der Waals surface area contributed by atoms with Gasteiger partial charge in [0.05, 0.1) is 11.0 Å². The van der Waals surface area contributed by atoms with E-state index in [9.17, 15) is 14.9 Å². The first-order valence-corrected chi connectivity index (χ1v) is 8.23. The first-order valence-electron chi connectivity index (χ1n) is 7.82. The zero-order chi connectivity index (χ0) is 18.2. The minimum atomic E-state index is -0.810. The van der Waals surface area contributed by atoms with Crippen LogP contribution in [-0.2, 0) is 9.53 Å². The second-order valence-corrected chi connectivity index (χ2v) is 5.88. The van der Waals surface area contributed by atoms with Crippen LogP contribution in [0.1, 0.15) is 19.8 Å². The van der Waals surface area contributed by atoms with Gasteiger partial charge in [-0.15, -0.1) is 0 Å². The van der Waals surface area contributed by atoms with Crippen molar-refractivity contribution in [1.82, 2.24) is 16.2 Å². The van der Waals surface area contributed by atoms with Gasteiger partial charge in [0.25, 0.3) is 11.6 Å². The van der Waals surface area contributed by atoms with E-state index in [1.807, 2.05) is 0 Å². The summed E-state index contributed by atoms with van der Waals surface area (Å²) in [6, 6.07) is 5.48. The average Bonchev–Trinajstić information content (AvgIpc) is 3.11. The number of nitrogens with one attached hydrogen (secondary N) is 3. The fourth-order valence-corrected chi connectivity index (χ4v) is 2.31. The monoisotopic (exact) mass is 368 g/mol. The number of hydrazine groups is 1. The number of amides is 1. The number of nitro groups is 1. The number of carbonyl (C=O) groups is 1. The van der Waals surface area contributed by atoms with Crippen LogP contribution >= 0.6 is 12.2 Å². The molecule has 1 heterocycles.